The van der Waals surface area contributed by atoms with Crippen LogP contribution in [0.25, 0.3) is 0 Å². The fraction of sp³-hybridized carbons (Fsp3) is 0.318. The lowest BCUT2D eigenvalue weighted by Crippen LogP contribution is -2.34. The van der Waals surface area contributed by atoms with Crippen molar-refractivity contribution in [2.75, 3.05) is 6.61 Å². The number of nitrogens with zero attached hydrogens (tertiary/aromatic N) is 1. The van der Waals surface area contributed by atoms with Crippen LogP contribution in [0.3, 0.4) is 0 Å². The average Bonchev–Trinajstić information content (AvgIpc) is 2.68. The summed E-state index contributed by atoms with van der Waals surface area (Å²) in [6.07, 6.45) is 1.57. The highest BCUT2D eigenvalue weighted by atomic mass is 32.2. The maximum atomic E-state index is 12.2. The van der Waals surface area contributed by atoms with Gasteiger partial charge in [0.1, 0.15) is 5.75 Å². The Kier molecular flexibility index (Phi) is 8.73. The number of aryl methyl sites for hydroxylation is 1. The lowest BCUT2D eigenvalue weighted by atomic mass is 10.2. The molecule has 0 unspecified atom stereocenters. The smallest absolute Gasteiger partial charge is 0.258 e. The van der Waals surface area contributed by atoms with Crippen LogP contribution in [0.4, 0.5) is 0 Å². The zero-order valence-corrected chi connectivity index (χ0v) is 18.0. The number of carbonyl (C=O) groups is 2. The molecule has 29 heavy (non-hydrogen) atoms. The predicted octanol–water partition coefficient (Wildman–Crippen LogP) is 3.53. The molecular weight excluding hydrogens is 386 g/mol. The lowest BCUT2D eigenvalue weighted by Gasteiger charge is -2.10. The number of ether oxygens (including phenoxy) is 1. The highest BCUT2D eigenvalue weighted by Gasteiger charge is 2.13. The number of nitrogens with one attached hydrogen (secondary N) is 2. The molecule has 0 fully saturated rings. The monoisotopic (exact) mass is 413 g/mol. The number of thioether (sulfide) groups is 1. The summed E-state index contributed by atoms with van der Waals surface area (Å²) in [6, 6.07) is 15.2. The molecule has 0 radical (unpaired) electrons. The van der Waals surface area contributed by atoms with E-state index in [1.54, 1.807) is 30.5 Å². The number of carbonyl (C=O) groups excluding carboxylic acids is 2. The molecule has 7 heteroatoms. The molecule has 0 spiro atoms. The minimum Gasteiger partial charge on any atom is -0.484 e. The third-order valence-electron chi connectivity index (χ3n) is 3.79. The number of hydrazone groups is 1. The summed E-state index contributed by atoms with van der Waals surface area (Å²) in [4.78, 5) is 24.8. The van der Waals surface area contributed by atoms with Gasteiger partial charge in [0, 0.05) is 10.9 Å². The number of amides is 2. The summed E-state index contributed by atoms with van der Waals surface area (Å²) < 4.78 is 5.43. The largest absolute Gasteiger partial charge is 0.484 e. The Morgan fingerprint density at radius 1 is 1.07 bits per heavy atom. The minimum absolute atomic E-state index is 0.0296. The summed E-state index contributed by atoms with van der Waals surface area (Å²) in [5.74, 6) is 0.266. The first-order valence-electron chi connectivity index (χ1n) is 9.42. The molecule has 2 rings (SSSR count). The van der Waals surface area contributed by atoms with Crippen LogP contribution >= 0.6 is 11.8 Å². The van der Waals surface area contributed by atoms with Gasteiger partial charge in [-0.05, 0) is 69.7 Å². The van der Waals surface area contributed by atoms with Gasteiger partial charge in [0.2, 0.25) is 0 Å². The number of hydrogen-bond donors (Lipinski definition) is 2. The van der Waals surface area contributed by atoms with Crippen LogP contribution in [0.2, 0.25) is 0 Å². The molecule has 0 aromatic heterocycles. The molecule has 1 atom stereocenters. The molecule has 2 aromatic carbocycles. The molecule has 0 aliphatic rings. The van der Waals surface area contributed by atoms with Gasteiger partial charge in [-0.2, -0.15) is 5.10 Å². The van der Waals surface area contributed by atoms with Gasteiger partial charge in [-0.15, -0.1) is 11.8 Å². The summed E-state index contributed by atoms with van der Waals surface area (Å²) in [5.41, 5.74) is 4.56. The SMILES string of the molecule is Cc1ccc(S[C@@H](C)C(=O)N/N=C\c2ccc(OCC(=O)NC(C)C)cc2)cc1. The predicted molar refractivity (Wildman–Crippen MR) is 117 cm³/mol. The highest BCUT2D eigenvalue weighted by molar-refractivity contribution is 8.00. The highest BCUT2D eigenvalue weighted by Crippen LogP contribution is 2.23. The molecule has 0 aliphatic carbocycles. The first-order chi connectivity index (χ1) is 13.8. The fourth-order valence-electron chi connectivity index (χ4n) is 2.30. The molecule has 2 aromatic rings. The van der Waals surface area contributed by atoms with E-state index in [0.29, 0.717) is 5.75 Å². The van der Waals surface area contributed by atoms with E-state index in [0.717, 1.165) is 10.5 Å². The van der Waals surface area contributed by atoms with Gasteiger partial charge >= 0.3 is 0 Å². The molecule has 0 saturated carbocycles. The number of rotatable bonds is 9. The van der Waals surface area contributed by atoms with E-state index in [-0.39, 0.29) is 29.7 Å². The quantitative estimate of drug-likeness (QED) is 0.374. The third-order valence-corrected chi connectivity index (χ3v) is 4.90. The molecule has 0 bridgehead atoms. The molecule has 0 saturated heterocycles. The second-order valence-corrected chi connectivity index (χ2v) is 8.30. The van der Waals surface area contributed by atoms with Crippen molar-refractivity contribution >= 4 is 29.8 Å². The van der Waals surface area contributed by atoms with Crippen LogP contribution in [0.1, 0.15) is 31.9 Å². The Morgan fingerprint density at radius 3 is 2.34 bits per heavy atom. The van der Waals surface area contributed by atoms with E-state index in [2.05, 4.69) is 15.8 Å². The molecule has 2 amide bonds. The van der Waals surface area contributed by atoms with E-state index in [9.17, 15) is 9.59 Å². The van der Waals surface area contributed by atoms with Crippen LogP contribution in [0, 0.1) is 6.92 Å². The van der Waals surface area contributed by atoms with Crippen molar-refractivity contribution in [3.8, 4) is 5.75 Å². The first-order valence-corrected chi connectivity index (χ1v) is 10.3. The van der Waals surface area contributed by atoms with Gasteiger partial charge in [0.15, 0.2) is 6.61 Å². The summed E-state index contributed by atoms with van der Waals surface area (Å²) in [5, 5.41) is 6.51. The maximum absolute atomic E-state index is 12.2. The molecular formula is C22H27N3O3S. The van der Waals surface area contributed by atoms with Crippen molar-refractivity contribution in [2.24, 2.45) is 5.10 Å². The Bertz CT molecular complexity index is 833. The standard InChI is InChI=1S/C22H27N3O3S/c1-15(2)24-21(26)14-28-19-9-7-18(8-10-19)13-23-25-22(27)17(4)29-20-11-5-16(3)6-12-20/h5-13,15,17H,14H2,1-4H3,(H,24,26)(H,25,27)/b23-13-/t17-/m0/s1. The van der Waals surface area contributed by atoms with Gasteiger partial charge in [0.05, 0.1) is 11.5 Å². The van der Waals surface area contributed by atoms with Gasteiger partial charge in [0.25, 0.3) is 11.8 Å². The van der Waals surface area contributed by atoms with Crippen LogP contribution in [-0.2, 0) is 9.59 Å². The second-order valence-electron chi connectivity index (χ2n) is 6.89. The number of benzene rings is 2. The normalized spacial score (nSPS) is 12.0. The lowest BCUT2D eigenvalue weighted by molar-refractivity contribution is -0.123. The van der Waals surface area contributed by atoms with E-state index in [1.165, 1.54) is 17.3 Å². The number of hydrogen-bond acceptors (Lipinski definition) is 5. The molecule has 0 aliphatic heterocycles. The van der Waals surface area contributed by atoms with E-state index in [4.69, 9.17) is 4.74 Å². The summed E-state index contributed by atoms with van der Waals surface area (Å²) >= 11 is 1.48. The van der Waals surface area contributed by atoms with E-state index >= 15 is 0 Å². The van der Waals surface area contributed by atoms with Crippen molar-refractivity contribution in [3.05, 3.63) is 59.7 Å². The van der Waals surface area contributed by atoms with Crippen molar-refractivity contribution in [3.63, 3.8) is 0 Å². The van der Waals surface area contributed by atoms with Crippen LogP contribution in [0.5, 0.6) is 5.75 Å². The van der Waals surface area contributed by atoms with Gasteiger partial charge < -0.3 is 10.1 Å². The van der Waals surface area contributed by atoms with Crippen molar-refractivity contribution in [1.29, 1.82) is 0 Å². The van der Waals surface area contributed by atoms with Crippen LogP contribution in [-0.4, -0.2) is 35.9 Å². The van der Waals surface area contributed by atoms with Gasteiger partial charge in [-0.3, -0.25) is 9.59 Å². The van der Waals surface area contributed by atoms with Crippen molar-refractivity contribution in [2.45, 2.75) is 43.9 Å². The molecule has 2 N–H and O–H groups in total. The first kappa shape index (κ1) is 22.5. The van der Waals surface area contributed by atoms with E-state index < -0.39 is 0 Å². The minimum atomic E-state index is -0.261. The Morgan fingerprint density at radius 2 is 1.72 bits per heavy atom. The Hall–Kier alpha value is -2.80. The molecule has 154 valence electrons. The Labute approximate surface area is 176 Å². The molecule has 6 nitrogen and oxygen atoms in total. The van der Waals surface area contributed by atoms with Crippen molar-refractivity contribution < 1.29 is 14.3 Å². The van der Waals surface area contributed by atoms with Crippen LogP contribution < -0.4 is 15.5 Å². The Balaban J connectivity index is 1.78. The van der Waals surface area contributed by atoms with Gasteiger partial charge in [-0.25, -0.2) is 5.43 Å². The average molecular weight is 414 g/mol. The zero-order valence-electron chi connectivity index (χ0n) is 17.1. The molecule has 0 heterocycles. The topological polar surface area (TPSA) is 79.8 Å². The second kappa shape index (κ2) is 11.3. The van der Waals surface area contributed by atoms with Crippen LogP contribution in [0.15, 0.2) is 58.5 Å². The fourth-order valence-corrected chi connectivity index (χ4v) is 3.16. The third kappa shape index (κ3) is 8.39. The van der Waals surface area contributed by atoms with E-state index in [1.807, 2.05) is 52.0 Å². The zero-order chi connectivity index (χ0) is 21.2. The maximum Gasteiger partial charge on any atom is 0.258 e. The van der Waals surface area contributed by atoms with Crippen molar-refractivity contribution in [1.82, 2.24) is 10.7 Å². The summed E-state index contributed by atoms with van der Waals surface area (Å²) in [7, 11) is 0. The summed E-state index contributed by atoms with van der Waals surface area (Å²) in [6.45, 7) is 7.64. The van der Waals surface area contributed by atoms with Gasteiger partial charge in [-0.1, -0.05) is 17.7 Å².